The highest BCUT2D eigenvalue weighted by molar-refractivity contribution is 6.07. The molecule has 2 saturated carbocycles. The van der Waals surface area contributed by atoms with E-state index in [9.17, 15) is 9.59 Å². The highest BCUT2D eigenvalue weighted by Gasteiger charge is 2.56. The van der Waals surface area contributed by atoms with Crippen LogP contribution in [0.5, 0.6) is 23.0 Å². The highest BCUT2D eigenvalue weighted by Crippen LogP contribution is 2.61. The molecule has 0 heterocycles. The number of carbonyl (C=O) groups is 2. The summed E-state index contributed by atoms with van der Waals surface area (Å²) < 4.78 is 27.8. The summed E-state index contributed by atoms with van der Waals surface area (Å²) in [4.78, 5) is 25.0. The average Bonchev–Trinajstić information content (AvgIpc) is 3.29. The maximum atomic E-state index is 13.2. The van der Waals surface area contributed by atoms with Crippen molar-refractivity contribution in [2.24, 2.45) is 17.3 Å². The van der Waals surface area contributed by atoms with Crippen LogP contribution in [-0.2, 0) is 16.0 Å². The maximum absolute atomic E-state index is 13.2. The summed E-state index contributed by atoms with van der Waals surface area (Å²) in [7, 11) is 6.27. The largest absolute Gasteiger partial charge is 0.496 e. The van der Waals surface area contributed by atoms with Gasteiger partial charge >= 0.3 is 5.97 Å². The van der Waals surface area contributed by atoms with Crippen molar-refractivity contribution >= 4 is 17.8 Å². The monoisotopic (exact) mass is 548 g/mol. The molecule has 3 aliphatic carbocycles. The summed E-state index contributed by atoms with van der Waals surface area (Å²) >= 11 is 0. The van der Waals surface area contributed by atoms with Gasteiger partial charge < -0.3 is 23.7 Å². The number of rotatable bonds is 8. The van der Waals surface area contributed by atoms with Gasteiger partial charge in [0.25, 0.3) is 0 Å². The topological polar surface area (TPSA) is 80.3 Å². The van der Waals surface area contributed by atoms with Crippen molar-refractivity contribution in [3.63, 3.8) is 0 Å². The Hall–Kier alpha value is -3.48. The third-order valence-electron chi connectivity index (χ3n) is 9.66. The van der Waals surface area contributed by atoms with Crippen molar-refractivity contribution in [1.82, 2.24) is 0 Å². The molecule has 214 valence electrons. The molecule has 0 aliphatic heterocycles. The first-order valence-electron chi connectivity index (χ1n) is 14.1. The van der Waals surface area contributed by atoms with Gasteiger partial charge in [0, 0.05) is 23.5 Å². The zero-order valence-corrected chi connectivity index (χ0v) is 24.4. The standard InChI is InChI=1S/C33H40O7/c1-19(34)40-31-12-10-26-24-9-7-20-16-28(36-3)21(15-25(20)23(24)13-14-33(26,31)2)8-11-27(35)22-17-29(37-4)32(39-6)30(18-22)38-5/h8,11,15-18,23-24,26,31H,7,9-10,12-14H2,1-6H3/b11-8+/t23?,24?,26?,31-,33-/m0/s1. The molecule has 7 heteroatoms. The third-order valence-corrected chi connectivity index (χ3v) is 9.66. The van der Waals surface area contributed by atoms with Crippen LogP contribution in [0.15, 0.2) is 30.3 Å². The highest BCUT2D eigenvalue weighted by atomic mass is 16.5. The first kappa shape index (κ1) is 28.1. The summed E-state index contributed by atoms with van der Waals surface area (Å²) in [5, 5.41) is 0. The van der Waals surface area contributed by atoms with E-state index in [1.165, 1.54) is 39.4 Å². The van der Waals surface area contributed by atoms with Crippen LogP contribution in [0.1, 0.15) is 78.9 Å². The molecular formula is C33H40O7. The molecule has 3 aliphatic rings. The lowest BCUT2D eigenvalue weighted by atomic mass is 9.55. The third kappa shape index (κ3) is 4.84. The van der Waals surface area contributed by atoms with Crippen molar-refractivity contribution in [1.29, 1.82) is 0 Å². The Balaban J connectivity index is 1.43. The molecule has 2 aromatic carbocycles. The summed E-state index contributed by atoms with van der Waals surface area (Å²) in [6.45, 7) is 3.86. The molecule has 3 unspecified atom stereocenters. The number of aryl methyl sites for hydroxylation is 1. The normalized spacial score (nSPS) is 26.9. The van der Waals surface area contributed by atoms with E-state index < -0.39 is 0 Å². The van der Waals surface area contributed by atoms with Crippen molar-refractivity contribution in [2.75, 3.05) is 28.4 Å². The Kier molecular flexibility index (Phi) is 7.85. The summed E-state index contributed by atoms with van der Waals surface area (Å²) in [6, 6.07) is 7.70. The number of methoxy groups -OCH3 is 4. The number of benzene rings is 2. The Morgan fingerprint density at radius 1 is 0.875 bits per heavy atom. The molecule has 0 spiro atoms. The van der Waals surface area contributed by atoms with Gasteiger partial charge in [-0.3, -0.25) is 9.59 Å². The lowest BCUT2D eigenvalue weighted by Crippen LogP contribution is -2.45. The quantitative estimate of drug-likeness (QED) is 0.214. The Labute approximate surface area is 236 Å². The molecule has 40 heavy (non-hydrogen) atoms. The van der Waals surface area contributed by atoms with Crippen molar-refractivity contribution in [3.8, 4) is 23.0 Å². The number of fused-ring (bicyclic) bond motifs is 5. The van der Waals surface area contributed by atoms with E-state index >= 15 is 0 Å². The second-order valence-electron chi connectivity index (χ2n) is 11.5. The van der Waals surface area contributed by atoms with Crippen LogP contribution in [0.3, 0.4) is 0 Å². The van der Waals surface area contributed by atoms with E-state index in [-0.39, 0.29) is 23.3 Å². The lowest BCUT2D eigenvalue weighted by Gasteiger charge is -2.50. The number of hydrogen-bond acceptors (Lipinski definition) is 7. The molecule has 0 radical (unpaired) electrons. The lowest BCUT2D eigenvalue weighted by molar-refractivity contribution is -0.154. The van der Waals surface area contributed by atoms with Crippen LogP contribution < -0.4 is 18.9 Å². The van der Waals surface area contributed by atoms with E-state index in [2.05, 4.69) is 19.1 Å². The molecule has 0 amide bonds. The Bertz CT molecular complexity index is 1300. The Morgan fingerprint density at radius 3 is 2.20 bits per heavy atom. The number of ketones is 1. The molecule has 7 nitrogen and oxygen atoms in total. The fourth-order valence-electron chi connectivity index (χ4n) is 7.75. The minimum absolute atomic E-state index is 0.0212. The van der Waals surface area contributed by atoms with E-state index in [0.29, 0.717) is 40.6 Å². The predicted molar refractivity (Wildman–Crippen MR) is 153 cm³/mol. The van der Waals surface area contributed by atoms with E-state index in [1.54, 1.807) is 25.3 Å². The Morgan fingerprint density at radius 2 is 1.57 bits per heavy atom. The van der Waals surface area contributed by atoms with Gasteiger partial charge in [-0.15, -0.1) is 0 Å². The van der Waals surface area contributed by atoms with E-state index in [4.69, 9.17) is 23.7 Å². The average molecular weight is 549 g/mol. The van der Waals surface area contributed by atoms with Crippen LogP contribution in [0, 0.1) is 17.3 Å². The number of allylic oxidation sites excluding steroid dienone is 1. The number of hydrogen-bond donors (Lipinski definition) is 0. The molecule has 0 N–H and O–H groups in total. The number of ether oxygens (including phenoxy) is 5. The van der Waals surface area contributed by atoms with Gasteiger partial charge in [0.15, 0.2) is 17.3 Å². The zero-order chi connectivity index (χ0) is 28.6. The molecular weight excluding hydrogens is 508 g/mol. The van der Waals surface area contributed by atoms with Gasteiger partial charge in [-0.2, -0.15) is 0 Å². The molecule has 2 fully saturated rings. The molecule has 5 rings (SSSR count). The molecule has 0 saturated heterocycles. The van der Waals surface area contributed by atoms with Gasteiger partial charge in [-0.05, 0) is 104 Å². The SMILES string of the molecule is COc1cc2c(cc1/C=C/C(=O)c1cc(OC)c(OC)c(OC)c1)C1CC[C@@]3(C)C(CC[C@@H]3OC(C)=O)C1CC2. The first-order chi connectivity index (χ1) is 19.2. The van der Waals surface area contributed by atoms with Crippen LogP contribution in [0.25, 0.3) is 6.08 Å². The van der Waals surface area contributed by atoms with Gasteiger partial charge in [-0.25, -0.2) is 0 Å². The number of esters is 1. The minimum Gasteiger partial charge on any atom is -0.496 e. The summed E-state index contributed by atoms with van der Waals surface area (Å²) in [5.41, 5.74) is 4.09. The van der Waals surface area contributed by atoms with Crippen LogP contribution in [-0.4, -0.2) is 46.3 Å². The van der Waals surface area contributed by atoms with Gasteiger partial charge in [-0.1, -0.05) is 6.92 Å². The van der Waals surface area contributed by atoms with Crippen molar-refractivity contribution in [2.45, 2.75) is 64.4 Å². The smallest absolute Gasteiger partial charge is 0.302 e. The second kappa shape index (κ2) is 11.2. The van der Waals surface area contributed by atoms with Gasteiger partial charge in [0.05, 0.1) is 28.4 Å². The summed E-state index contributed by atoms with van der Waals surface area (Å²) in [5.74, 6) is 3.31. The minimum atomic E-state index is -0.174. The van der Waals surface area contributed by atoms with Crippen LogP contribution >= 0.6 is 0 Å². The molecule has 0 bridgehead atoms. The zero-order valence-electron chi connectivity index (χ0n) is 24.4. The van der Waals surface area contributed by atoms with Crippen LogP contribution in [0.2, 0.25) is 0 Å². The predicted octanol–water partition coefficient (Wildman–Crippen LogP) is 6.40. The molecule has 0 aromatic heterocycles. The molecule has 2 aromatic rings. The van der Waals surface area contributed by atoms with Crippen LogP contribution in [0.4, 0.5) is 0 Å². The van der Waals surface area contributed by atoms with Gasteiger partial charge in [0.2, 0.25) is 5.75 Å². The van der Waals surface area contributed by atoms with Crippen molar-refractivity contribution in [3.05, 3.63) is 52.6 Å². The van der Waals surface area contributed by atoms with E-state index in [1.807, 2.05) is 6.08 Å². The fraction of sp³-hybridized carbons (Fsp3) is 0.515. The molecule has 5 atom stereocenters. The van der Waals surface area contributed by atoms with Crippen molar-refractivity contribution < 1.29 is 33.3 Å². The first-order valence-corrected chi connectivity index (χ1v) is 14.1. The summed E-state index contributed by atoms with van der Waals surface area (Å²) in [6.07, 6.45) is 9.77. The maximum Gasteiger partial charge on any atom is 0.302 e. The van der Waals surface area contributed by atoms with Gasteiger partial charge in [0.1, 0.15) is 11.9 Å². The van der Waals surface area contributed by atoms with E-state index in [0.717, 1.165) is 49.8 Å². The fourth-order valence-corrected chi connectivity index (χ4v) is 7.75. The number of carbonyl (C=O) groups excluding carboxylic acids is 2. The second-order valence-corrected chi connectivity index (χ2v) is 11.5.